The van der Waals surface area contributed by atoms with Gasteiger partial charge in [0.15, 0.2) is 17.5 Å². The van der Waals surface area contributed by atoms with Gasteiger partial charge < -0.3 is 15.0 Å². The van der Waals surface area contributed by atoms with Gasteiger partial charge >= 0.3 is 6.18 Å². The summed E-state index contributed by atoms with van der Waals surface area (Å²) in [6.07, 6.45) is -2.47. The third-order valence-electron chi connectivity index (χ3n) is 6.15. The van der Waals surface area contributed by atoms with Gasteiger partial charge in [-0.15, -0.1) is 5.10 Å². The van der Waals surface area contributed by atoms with E-state index in [-0.39, 0.29) is 17.4 Å². The van der Waals surface area contributed by atoms with Gasteiger partial charge in [0.05, 0.1) is 5.69 Å². The molecule has 0 amide bonds. The van der Waals surface area contributed by atoms with Gasteiger partial charge in [-0.2, -0.15) is 22.5 Å². The third kappa shape index (κ3) is 3.90. The number of piperidine rings is 1. The van der Waals surface area contributed by atoms with Crippen LogP contribution >= 0.6 is 11.5 Å². The average molecular weight is 453 g/mol. The molecule has 1 N–H and O–H groups in total. The lowest BCUT2D eigenvalue weighted by molar-refractivity contribution is -0.189. The highest BCUT2D eigenvalue weighted by Crippen LogP contribution is 2.41. The first-order chi connectivity index (χ1) is 14.8. The van der Waals surface area contributed by atoms with E-state index in [2.05, 4.69) is 30.7 Å². The molecule has 1 aliphatic carbocycles. The minimum absolute atomic E-state index is 0.0613. The number of nitrogens with zero attached hydrogens (tertiary/aromatic N) is 5. The average Bonchev–Trinajstić information content (AvgIpc) is 3.38. The van der Waals surface area contributed by atoms with Crippen molar-refractivity contribution in [3.05, 3.63) is 30.1 Å². The molecule has 1 aliphatic heterocycles. The number of alkyl halides is 3. The van der Waals surface area contributed by atoms with Gasteiger partial charge in [-0.1, -0.05) is 0 Å². The van der Waals surface area contributed by atoms with E-state index in [1.807, 2.05) is 6.92 Å². The van der Waals surface area contributed by atoms with Gasteiger partial charge in [-0.3, -0.25) is 0 Å². The number of anilines is 2. The highest BCUT2D eigenvalue weighted by Gasteiger charge is 2.43. The molecule has 0 aromatic carbocycles. The quantitative estimate of drug-likeness (QED) is 0.627. The molecule has 3 aromatic heterocycles. The predicted octanol–water partition coefficient (Wildman–Crippen LogP) is 4.15. The van der Waals surface area contributed by atoms with Crippen LogP contribution in [0.5, 0.6) is 5.75 Å². The molecule has 11 heteroatoms. The summed E-state index contributed by atoms with van der Waals surface area (Å²) < 4.78 is 49.7. The van der Waals surface area contributed by atoms with Crippen molar-refractivity contribution in [3.8, 4) is 5.75 Å². The molecule has 4 heterocycles. The van der Waals surface area contributed by atoms with E-state index >= 15 is 0 Å². The minimum Gasteiger partial charge on any atom is -0.477 e. The molecule has 2 fully saturated rings. The van der Waals surface area contributed by atoms with Crippen LogP contribution in [-0.4, -0.2) is 50.4 Å². The van der Waals surface area contributed by atoms with Crippen LogP contribution in [0.4, 0.5) is 24.1 Å². The van der Waals surface area contributed by atoms with E-state index in [1.165, 1.54) is 27.1 Å². The van der Waals surface area contributed by atoms with E-state index in [1.54, 1.807) is 12.3 Å². The van der Waals surface area contributed by atoms with Crippen molar-refractivity contribution >= 4 is 28.1 Å². The Labute approximate surface area is 181 Å². The summed E-state index contributed by atoms with van der Waals surface area (Å²) in [5.41, 5.74) is 1.31. The number of fused-ring (bicyclic) bond motifs is 3. The highest BCUT2D eigenvalue weighted by atomic mass is 32.1. The van der Waals surface area contributed by atoms with Crippen molar-refractivity contribution in [2.45, 2.75) is 45.0 Å². The lowest BCUT2D eigenvalue weighted by Gasteiger charge is -2.38. The van der Waals surface area contributed by atoms with Gasteiger partial charge in [-0.05, 0) is 68.3 Å². The smallest absolute Gasteiger partial charge is 0.425 e. The fraction of sp³-hybridized carbons (Fsp3) is 0.550. The summed E-state index contributed by atoms with van der Waals surface area (Å²) in [5, 5.41) is 9.09. The van der Waals surface area contributed by atoms with E-state index in [0.29, 0.717) is 17.8 Å². The fourth-order valence-electron chi connectivity index (χ4n) is 4.58. The Morgan fingerprint density at radius 1 is 1.26 bits per heavy atom. The van der Waals surface area contributed by atoms with E-state index in [4.69, 9.17) is 4.74 Å². The molecule has 0 spiro atoms. The topological polar surface area (TPSA) is 67.6 Å². The number of aryl methyl sites for hydroxylation is 1. The molecule has 31 heavy (non-hydrogen) atoms. The first kappa shape index (κ1) is 20.3. The number of nitrogens with one attached hydrogen (secondary N) is 1. The summed E-state index contributed by atoms with van der Waals surface area (Å²) in [4.78, 5) is 6.86. The Morgan fingerprint density at radius 3 is 2.65 bits per heavy atom. The Kier molecular flexibility index (Phi) is 4.95. The summed E-state index contributed by atoms with van der Waals surface area (Å²) >= 11 is 1.54. The number of rotatable bonds is 5. The zero-order valence-electron chi connectivity index (χ0n) is 17.1. The highest BCUT2D eigenvalue weighted by molar-refractivity contribution is 7.10. The Balaban J connectivity index is 1.33. The predicted molar refractivity (Wildman–Crippen MR) is 112 cm³/mol. The normalized spacial score (nSPS) is 24.5. The molecule has 7 nitrogen and oxygen atoms in total. The maximum absolute atomic E-state index is 12.9. The largest absolute Gasteiger partial charge is 0.477 e. The second-order valence-electron chi connectivity index (χ2n) is 8.36. The zero-order chi connectivity index (χ0) is 21.8. The van der Waals surface area contributed by atoms with Crippen molar-refractivity contribution in [2.75, 3.05) is 23.3 Å². The monoisotopic (exact) mass is 452 g/mol. The second kappa shape index (κ2) is 7.54. The molecule has 4 atom stereocenters. The molecule has 2 bridgehead atoms. The van der Waals surface area contributed by atoms with Crippen LogP contribution in [0.25, 0.3) is 5.65 Å². The fourth-order valence-corrected chi connectivity index (χ4v) is 5.36. The van der Waals surface area contributed by atoms with Crippen molar-refractivity contribution in [3.63, 3.8) is 0 Å². The maximum atomic E-state index is 12.9. The Hall–Kier alpha value is -2.56. The molecule has 2 aliphatic rings. The van der Waals surface area contributed by atoms with Crippen LogP contribution in [-0.2, 0) is 0 Å². The summed E-state index contributed by atoms with van der Waals surface area (Å²) in [6, 6.07) is 5.45. The van der Waals surface area contributed by atoms with Gasteiger partial charge in [0, 0.05) is 25.3 Å². The van der Waals surface area contributed by atoms with Gasteiger partial charge in [0.2, 0.25) is 5.95 Å². The van der Waals surface area contributed by atoms with E-state index in [9.17, 15) is 13.2 Å². The van der Waals surface area contributed by atoms with Crippen LogP contribution in [0.2, 0.25) is 0 Å². The van der Waals surface area contributed by atoms with Crippen molar-refractivity contribution < 1.29 is 17.9 Å². The summed E-state index contributed by atoms with van der Waals surface area (Å²) in [6.45, 7) is 4.88. The number of hydrogen-bond donors (Lipinski definition) is 1. The Bertz CT molecular complexity index is 1070. The number of hydrogen-bond acceptors (Lipinski definition) is 7. The molecule has 1 unspecified atom stereocenters. The number of halogens is 3. The maximum Gasteiger partial charge on any atom is 0.425 e. The van der Waals surface area contributed by atoms with Crippen LogP contribution in [0.15, 0.2) is 24.4 Å². The molecule has 1 saturated carbocycles. The van der Waals surface area contributed by atoms with Crippen molar-refractivity contribution in [1.82, 2.24) is 19.0 Å². The molecule has 1 saturated heterocycles. The van der Waals surface area contributed by atoms with Crippen LogP contribution in [0.3, 0.4) is 0 Å². The Morgan fingerprint density at radius 2 is 2.00 bits per heavy atom. The third-order valence-corrected chi connectivity index (χ3v) is 7.09. The van der Waals surface area contributed by atoms with Crippen molar-refractivity contribution in [2.24, 2.45) is 11.8 Å². The number of pyridine rings is 1. The number of aromatic nitrogens is 4. The van der Waals surface area contributed by atoms with Crippen LogP contribution in [0, 0.1) is 18.8 Å². The molecule has 3 aromatic rings. The van der Waals surface area contributed by atoms with Gasteiger partial charge in [0.1, 0.15) is 5.00 Å². The van der Waals surface area contributed by atoms with Crippen LogP contribution in [0.1, 0.15) is 25.5 Å². The lowest BCUT2D eigenvalue weighted by atomic mass is 9.92. The van der Waals surface area contributed by atoms with E-state index < -0.39 is 12.3 Å². The number of ether oxygens (including phenoxy) is 1. The van der Waals surface area contributed by atoms with Gasteiger partial charge in [0.25, 0.3) is 0 Å². The van der Waals surface area contributed by atoms with Gasteiger partial charge in [-0.25, -0.2) is 4.52 Å². The summed E-state index contributed by atoms with van der Waals surface area (Å²) in [5.74, 6) is 1.38. The van der Waals surface area contributed by atoms with Crippen molar-refractivity contribution in [1.29, 1.82) is 0 Å². The van der Waals surface area contributed by atoms with Crippen LogP contribution < -0.4 is 15.0 Å². The zero-order valence-corrected chi connectivity index (χ0v) is 18.0. The molecule has 0 radical (unpaired) electrons. The molecule has 166 valence electrons. The first-order valence-corrected chi connectivity index (χ1v) is 11.1. The SMILES string of the molecule is Cc1cc(N2C[C@H]3CC[C@@H](C2)C3Nc2nc3c(O[C@H](C)C(F)(F)F)cccn3n2)sn1. The molecular formula is C20H23F3N6OS. The second-order valence-corrected chi connectivity index (χ2v) is 9.14. The summed E-state index contributed by atoms with van der Waals surface area (Å²) in [7, 11) is 0. The molecule has 5 rings (SSSR count). The first-order valence-electron chi connectivity index (χ1n) is 10.3. The van der Waals surface area contributed by atoms with E-state index in [0.717, 1.165) is 38.5 Å². The molecular weight excluding hydrogens is 429 g/mol. The standard InChI is InChI=1S/C20H23F3N6OS/c1-11-8-16(31-27-11)28-9-13-5-6-14(10-28)17(13)24-19-25-18-15(4-3-7-29(18)26-19)30-12(2)20(21,22)23/h3-4,7-8,12-14,17H,5-6,9-10H2,1-2H3,(H,24,26)/t12-,13-,14+,17?/m1/s1. The lowest BCUT2D eigenvalue weighted by Crippen LogP contribution is -2.48. The minimum atomic E-state index is -4.45.